The predicted octanol–water partition coefficient (Wildman–Crippen LogP) is 5.65. The minimum absolute atomic E-state index is 0.592. The van der Waals surface area contributed by atoms with Gasteiger partial charge in [-0.3, -0.25) is 0 Å². The highest BCUT2D eigenvalue weighted by Crippen LogP contribution is 2.59. The van der Waals surface area contributed by atoms with Gasteiger partial charge in [0.2, 0.25) is 5.75 Å². The fourth-order valence-corrected chi connectivity index (χ4v) is 4.31. The Kier molecular flexibility index (Phi) is 4.39. The molecule has 3 aromatic carbocycles. The molecule has 1 heterocycles. The molecule has 0 saturated heterocycles. The minimum atomic E-state index is 0.592. The molecule has 0 aliphatic carbocycles. The summed E-state index contributed by atoms with van der Waals surface area (Å²) in [5.74, 6) is 1.91. The Balaban J connectivity index is 2.04. The summed E-state index contributed by atoms with van der Waals surface area (Å²) in [6, 6.07) is 20.6. The predicted molar refractivity (Wildman–Crippen MR) is 105 cm³/mol. The molecule has 0 radical (unpaired) electrons. The van der Waals surface area contributed by atoms with Gasteiger partial charge in [-0.25, -0.2) is 0 Å². The van der Waals surface area contributed by atoms with Crippen molar-refractivity contribution in [3.8, 4) is 17.2 Å². The average molecular weight is 365 g/mol. The van der Waals surface area contributed by atoms with Gasteiger partial charge >= 0.3 is 0 Å². The Hall–Kier alpha value is -2.79. The fraction of sp³-hybridized carbons (Fsp3) is 0.143. The van der Waals surface area contributed by atoms with E-state index in [0.717, 1.165) is 22.0 Å². The molecule has 0 bridgehead atoms. The van der Waals surface area contributed by atoms with Crippen LogP contribution in [0.1, 0.15) is 0 Å². The maximum absolute atomic E-state index is 5.78. The molecule has 1 aliphatic heterocycles. The topological polar surface area (TPSA) is 30.9 Å². The van der Waals surface area contributed by atoms with Gasteiger partial charge in [-0.05, 0) is 24.3 Å². The summed E-state index contributed by atoms with van der Waals surface area (Å²) in [6.07, 6.45) is 0. The van der Waals surface area contributed by atoms with E-state index < -0.39 is 0 Å². The van der Waals surface area contributed by atoms with Crippen LogP contribution in [-0.2, 0) is 0 Å². The van der Waals surface area contributed by atoms with Gasteiger partial charge in [0.25, 0.3) is 0 Å². The first-order valence-corrected chi connectivity index (χ1v) is 9.05. The molecule has 3 aromatic rings. The standard InChI is InChI=1S/C21H19NO3S/c1-23-16-13-18-19(21(25-3)20(16)24-2)22(14-9-5-4-6-10-14)15-11-7-8-12-17(15)26-18/h4-13H,1-3H3. The Labute approximate surface area is 157 Å². The van der Waals surface area contributed by atoms with Gasteiger partial charge in [0.1, 0.15) is 5.69 Å². The normalized spacial score (nSPS) is 12.2. The summed E-state index contributed by atoms with van der Waals surface area (Å²) in [5.41, 5.74) is 3.13. The Morgan fingerprint density at radius 3 is 2.12 bits per heavy atom. The molecule has 0 spiro atoms. The summed E-state index contributed by atoms with van der Waals surface area (Å²) < 4.78 is 16.9. The number of para-hydroxylation sites is 2. The van der Waals surface area contributed by atoms with Crippen molar-refractivity contribution in [3.63, 3.8) is 0 Å². The van der Waals surface area contributed by atoms with Crippen LogP contribution >= 0.6 is 11.8 Å². The molecule has 0 aromatic heterocycles. The highest BCUT2D eigenvalue weighted by molar-refractivity contribution is 7.99. The van der Waals surface area contributed by atoms with E-state index >= 15 is 0 Å². The van der Waals surface area contributed by atoms with Crippen LogP contribution in [0.25, 0.3) is 0 Å². The molecular formula is C21H19NO3S. The van der Waals surface area contributed by atoms with Gasteiger partial charge in [0.15, 0.2) is 11.5 Å². The van der Waals surface area contributed by atoms with Crippen molar-refractivity contribution in [2.45, 2.75) is 9.79 Å². The Morgan fingerprint density at radius 1 is 0.731 bits per heavy atom. The quantitative estimate of drug-likeness (QED) is 0.467. The maximum atomic E-state index is 5.78. The van der Waals surface area contributed by atoms with Crippen molar-refractivity contribution < 1.29 is 14.2 Å². The first-order valence-electron chi connectivity index (χ1n) is 8.23. The molecule has 4 nitrogen and oxygen atoms in total. The van der Waals surface area contributed by atoms with E-state index in [1.807, 2.05) is 30.3 Å². The van der Waals surface area contributed by atoms with Gasteiger partial charge in [0, 0.05) is 21.5 Å². The minimum Gasteiger partial charge on any atom is -0.493 e. The molecule has 4 rings (SSSR count). The largest absolute Gasteiger partial charge is 0.493 e. The summed E-state index contributed by atoms with van der Waals surface area (Å²) in [7, 11) is 4.93. The molecular weight excluding hydrogens is 346 g/mol. The van der Waals surface area contributed by atoms with Crippen LogP contribution in [0.2, 0.25) is 0 Å². The van der Waals surface area contributed by atoms with Gasteiger partial charge in [-0.1, -0.05) is 42.1 Å². The number of fused-ring (bicyclic) bond motifs is 2. The van der Waals surface area contributed by atoms with Crippen LogP contribution in [0.15, 0.2) is 70.5 Å². The number of hydrogen-bond acceptors (Lipinski definition) is 5. The third-order valence-electron chi connectivity index (χ3n) is 4.33. The van der Waals surface area contributed by atoms with Crippen molar-refractivity contribution >= 4 is 28.8 Å². The second-order valence-electron chi connectivity index (χ2n) is 5.73. The van der Waals surface area contributed by atoms with Crippen molar-refractivity contribution in [3.05, 3.63) is 60.7 Å². The van der Waals surface area contributed by atoms with E-state index in [-0.39, 0.29) is 0 Å². The lowest BCUT2D eigenvalue weighted by Crippen LogP contribution is -2.16. The third-order valence-corrected chi connectivity index (χ3v) is 5.43. The van der Waals surface area contributed by atoms with Gasteiger partial charge < -0.3 is 19.1 Å². The first kappa shape index (κ1) is 16.7. The van der Waals surface area contributed by atoms with Gasteiger partial charge in [-0.15, -0.1) is 0 Å². The third kappa shape index (κ3) is 2.56. The highest BCUT2D eigenvalue weighted by Gasteiger charge is 2.31. The number of benzene rings is 3. The number of methoxy groups -OCH3 is 3. The molecule has 0 atom stereocenters. The molecule has 5 heteroatoms. The SMILES string of the molecule is COc1cc2c(c(OC)c1OC)N(c1ccccc1)c1ccccc1S2. The van der Waals surface area contributed by atoms with E-state index in [0.29, 0.717) is 17.2 Å². The summed E-state index contributed by atoms with van der Waals surface area (Å²) in [4.78, 5) is 4.45. The zero-order valence-electron chi connectivity index (χ0n) is 14.9. The van der Waals surface area contributed by atoms with Crippen LogP contribution in [0.4, 0.5) is 17.1 Å². The number of ether oxygens (including phenoxy) is 3. The van der Waals surface area contributed by atoms with Gasteiger partial charge in [0.05, 0.1) is 27.0 Å². The molecule has 132 valence electrons. The Morgan fingerprint density at radius 2 is 1.42 bits per heavy atom. The maximum Gasteiger partial charge on any atom is 0.205 e. The second-order valence-corrected chi connectivity index (χ2v) is 6.82. The van der Waals surface area contributed by atoms with Crippen LogP contribution in [0.5, 0.6) is 17.2 Å². The van der Waals surface area contributed by atoms with Crippen LogP contribution < -0.4 is 19.1 Å². The van der Waals surface area contributed by atoms with Crippen LogP contribution in [0, 0.1) is 0 Å². The van der Waals surface area contributed by atoms with E-state index in [9.17, 15) is 0 Å². The van der Waals surface area contributed by atoms with Gasteiger partial charge in [-0.2, -0.15) is 0 Å². The molecule has 1 aliphatic rings. The number of anilines is 3. The van der Waals surface area contributed by atoms with Crippen LogP contribution in [-0.4, -0.2) is 21.3 Å². The zero-order chi connectivity index (χ0) is 18.1. The van der Waals surface area contributed by atoms with Crippen molar-refractivity contribution in [2.75, 3.05) is 26.2 Å². The summed E-state index contributed by atoms with van der Waals surface area (Å²) in [5, 5.41) is 0. The summed E-state index contributed by atoms with van der Waals surface area (Å²) in [6.45, 7) is 0. The molecule has 0 saturated carbocycles. The zero-order valence-corrected chi connectivity index (χ0v) is 15.7. The smallest absolute Gasteiger partial charge is 0.205 e. The molecule has 26 heavy (non-hydrogen) atoms. The molecule has 0 amide bonds. The van der Waals surface area contributed by atoms with Crippen molar-refractivity contribution in [2.24, 2.45) is 0 Å². The van der Waals surface area contributed by atoms with E-state index in [4.69, 9.17) is 14.2 Å². The van der Waals surface area contributed by atoms with E-state index in [1.54, 1.807) is 33.1 Å². The van der Waals surface area contributed by atoms with E-state index in [2.05, 4.69) is 35.2 Å². The Bertz CT molecular complexity index is 943. The second kappa shape index (κ2) is 6.84. The first-order chi connectivity index (χ1) is 12.8. The molecule has 0 fully saturated rings. The monoisotopic (exact) mass is 365 g/mol. The lowest BCUT2D eigenvalue weighted by molar-refractivity contribution is 0.323. The van der Waals surface area contributed by atoms with Crippen molar-refractivity contribution in [1.29, 1.82) is 0 Å². The molecule has 0 N–H and O–H groups in total. The highest BCUT2D eigenvalue weighted by atomic mass is 32.2. The average Bonchev–Trinajstić information content (AvgIpc) is 2.71. The lowest BCUT2D eigenvalue weighted by atomic mass is 10.1. The number of rotatable bonds is 4. The summed E-state index contributed by atoms with van der Waals surface area (Å²) >= 11 is 1.70. The lowest BCUT2D eigenvalue weighted by Gasteiger charge is -2.34. The number of hydrogen-bond donors (Lipinski definition) is 0. The van der Waals surface area contributed by atoms with E-state index in [1.165, 1.54) is 4.90 Å². The number of nitrogens with zero attached hydrogens (tertiary/aromatic N) is 1. The molecule has 0 unspecified atom stereocenters. The fourth-order valence-electron chi connectivity index (χ4n) is 3.22. The van der Waals surface area contributed by atoms with Crippen molar-refractivity contribution in [1.82, 2.24) is 0 Å². The van der Waals surface area contributed by atoms with Crippen LogP contribution in [0.3, 0.4) is 0 Å².